The first-order valence-electron chi connectivity index (χ1n) is 8.58. The van der Waals surface area contributed by atoms with Crippen LogP contribution in [-0.2, 0) is 11.3 Å². The lowest BCUT2D eigenvalue weighted by atomic mass is 10.0. The second-order valence-corrected chi connectivity index (χ2v) is 6.58. The monoisotopic (exact) mass is 356 g/mol. The predicted octanol–water partition coefficient (Wildman–Crippen LogP) is 3.31. The number of aromatic nitrogens is 3. The van der Waals surface area contributed by atoms with Crippen molar-refractivity contribution in [2.75, 3.05) is 13.1 Å². The Hall–Kier alpha value is -2.83. The number of carbonyl (C=O) groups excluding carboxylic acids is 1. The van der Waals surface area contributed by atoms with Gasteiger partial charge in [0.2, 0.25) is 5.91 Å². The number of nitrogens with zero attached hydrogens (tertiary/aromatic N) is 4. The van der Waals surface area contributed by atoms with Crippen molar-refractivity contribution in [3.63, 3.8) is 0 Å². The van der Waals surface area contributed by atoms with Gasteiger partial charge in [0.05, 0.1) is 11.7 Å². The SMILES string of the molecule is Cc1c(F)cc(-c2cnc3cnn(CC(=O)N4CCCC4)c3c2)cc1F. The van der Waals surface area contributed by atoms with E-state index in [4.69, 9.17) is 0 Å². The maximum atomic E-state index is 13.9. The van der Waals surface area contributed by atoms with E-state index in [1.807, 2.05) is 4.90 Å². The number of benzene rings is 1. The molecule has 0 aliphatic carbocycles. The average molecular weight is 356 g/mol. The molecule has 0 bridgehead atoms. The standard InChI is InChI=1S/C19H18F2N4O/c1-12-15(20)6-13(7-16(12)21)14-8-18-17(22-9-14)10-23-25(18)11-19(26)24-4-2-3-5-24/h6-10H,2-5,11H2,1H3. The van der Waals surface area contributed by atoms with Crippen molar-refractivity contribution in [1.29, 1.82) is 0 Å². The quantitative estimate of drug-likeness (QED) is 0.723. The first-order chi connectivity index (χ1) is 12.5. The average Bonchev–Trinajstić information content (AvgIpc) is 3.29. The van der Waals surface area contributed by atoms with Gasteiger partial charge in [-0.05, 0) is 43.5 Å². The molecule has 134 valence electrons. The van der Waals surface area contributed by atoms with Crippen molar-refractivity contribution in [1.82, 2.24) is 19.7 Å². The van der Waals surface area contributed by atoms with Gasteiger partial charge in [-0.3, -0.25) is 14.5 Å². The summed E-state index contributed by atoms with van der Waals surface area (Å²) in [6.45, 7) is 3.09. The highest BCUT2D eigenvalue weighted by Crippen LogP contribution is 2.26. The maximum Gasteiger partial charge on any atom is 0.244 e. The molecule has 4 rings (SSSR count). The van der Waals surface area contributed by atoms with Gasteiger partial charge in [-0.25, -0.2) is 8.78 Å². The summed E-state index contributed by atoms with van der Waals surface area (Å²) in [5.74, 6) is -1.18. The van der Waals surface area contributed by atoms with E-state index < -0.39 is 11.6 Å². The van der Waals surface area contributed by atoms with Crippen LogP contribution >= 0.6 is 0 Å². The van der Waals surface area contributed by atoms with E-state index in [1.54, 1.807) is 23.1 Å². The van der Waals surface area contributed by atoms with E-state index >= 15 is 0 Å². The molecule has 3 aromatic rings. The molecule has 1 aliphatic heterocycles. The summed E-state index contributed by atoms with van der Waals surface area (Å²) in [6, 6.07) is 4.34. The highest BCUT2D eigenvalue weighted by atomic mass is 19.1. The predicted molar refractivity (Wildman–Crippen MR) is 93.4 cm³/mol. The number of pyridine rings is 1. The van der Waals surface area contributed by atoms with Crippen LogP contribution in [0, 0.1) is 18.6 Å². The van der Waals surface area contributed by atoms with Crippen molar-refractivity contribution in [3.05, 3.63) is 47.8 Å². The van der Waals surface area contributed by atoms with Gasteiger partial charge in [0.25, 0.3) is 0 Å². The van der Waals surface area contributed by atoms with Crippen molar-refractivity contribution >= 4 is 16.9 Å². The van der Waals surface area contributed by atoms with E-state index in [2.05, 4.69) is 10.1 Å². The summed E-state index contributed by atoms with van der Waals surface area (Å²) in [5, 5.41) is 4.25. The van der Waals surface area contributed by atoms with E-state index in [0.717, 1.165) is 25.9 Å². The Kier molecular flexibility index (Phi) is 4.14. The molecular formula is C19H18F2N4O. The van der Waals surface area contributed by atoms with Crippen molar-refractivity contribution in [2.24, 2.45) is 0 Å². The molecule has 0 radical (unpaired) electrons. The van der Waals surface area contributed by atoms with Gasteiger partial charge in [-0.1, -0.05) is 0 Å². The minimum absolute atomic E-state index is 0.0101. The van der Waals surface area contributed by atoms with Gasteiger partial charge in [0.15, 0.2) is 0 Å². The van der Waals surface area contributed by atoms with Gasteiger partial charge in [0, 0.05) is 30.4 Å². The topological polar surface area (TPSA) is 51.0 Å². The fraction of sp³-hybridized carbons (Fsp3) is 0.316. The summed E-state index contributed by atoms with van der Waals surface area (Å²) < 4.78 is 29.3. The van der Waals surface area contributed by atoms with Gasteiger partial charge in [0.1, 0.15) is 23.7 Å². The Balaban J connectivity index is 1.69. The molecule has 1 amide bonds. The Labute approximate surface area is 149 Å². The van der Waals surface area contributed by atoms with Gasteiger partial charge < -0.3 is 4.90 Å². The Bertz CT molecular complexity index is 969. The molecule has 0 N–H and O–H groups in total. The first-order valence-corrected chi connectivity index (χ1v) is 8.58. The number of amides is 1. The molecule has 1 fully saturated rings. The molecule has 0 saturated carbocycles. The minimum Gasteiger partial charge on any atom is -0.341 e. The van der Waals surface area contributed by atoms with Crippen LogP contribution in [0.25, 0.3) is 22.2 Å². The fourth-order valence-corrected chi connectivity index (χ4v) is 3.25. The molecule has 0 unspecified atom stereocenters. The minimum atomic E-state index is -0.599. The molecule has 0 atom stereocenters. The summed E-state index contributed by atoms with van der Waals surface area (Å²) in [7, 11) is 0. The van der Waals surface area contributed by atoms with E-state index in [9.17, 15) is 13.6 Å². The van der Waals surface area contributed by atoms with Crippen LogP contribution < -0.4 is 0 Å². The second-order valence-electron chi connectivity index (χ2n) is 6.58. The third-order valence-corrected chi connectivity index (χ3v) is 4.85. The van der Waals surface area contributed by atoms with E-state index in [1.165, 1.54) is 19.1 Å². The lowest BCUT2D eigenvalue weighted by Crippen LogP contribution is -2.31. The van der Waals surface area contributed by atoms with Crippen LogP contribution in [0.2, 0.25) is 0 Å². The fourth-order valence-electron chi connectivity index (χ4n) is 3.25. The Morgan fingerprint density at radius 1 is 1.08 bits per heavy atom. The largest absolute Gasteiger partial charge is 0.341 e. The van der Waals surface area contributed by atoms with Crippen LogP contribution in [0.4, 0.5) is 8.78 Å². The van der Waals surface area contributed by atoms with Crippen molar-refractivity contribution in [2.45, 2.75) is 26.3 Å². The first kappa shape index (κ1) is 16.6. The number of rotatable bonds is 3. The number of fused-ring (bicyclic) bond motifs is 1. The number of hydrogen-bond donors (Lipinski definition) is 0. The zero-order valence-electron chi connectivity index (χ0n) is 14.4. The molecule has 1 aliphatic rings. The highest BCUT2D eigenvalue weighted by Gasteiger charge is 2.19. The number of hydrogen-bond acceptors (Lipinski definition) is 3. The van der Waals surface area contributed by atoms with Gasteiger partial charge in [-0.2, -0.15) is 5.10 Å². The van der Waals surface area contributed by atoms with Gasteiger partial charge >= 0.3 is 0 Å². The Morgan fingerprint density at radius 2 is 1.77 bits per heavy atom. The number of halogens is 2. The number of carbonyl (C=O) groups is 1. The molecule has 1 saturated heterocycles. The summed E-state index contributed by atoms with van der Waals surface area (Å²) in [4.78, 5) is 18.5. The van der Waals surface area contributed by atoms with Crippen LogP contribution in [0.15, 0.2) is 30.6 Å². The third kappa shape index (κ3) is 2.94. The molecule has 5 nitrogen and oxygen atoms in total. The normalized spacial score (nSPS) is 14.3. The van der Waals surface area contributed by atoms with Gasteiger partial charge in [-0.15, -0.1) is 0 Å². The highest BCUT2D eigenvalue weighted by molar-refractivity contribution is 5.83. The van der Waals surface area contributed by atoms with E-state index in [0.29, 0.717) is 22.2 Å². The lowest BCUT2D eigenvalue weighted by molar-refractivity contribution is -0.130. The molecule has 26 heavy (non-hydrogen) atoms. The second kappa shape index (κ2) is 6.48. The molecule has 3 heterocycles. The van der Waals surface area contributed by atoms with E-state index in [-0.39, 0.29) is 18.0 Å². The lowest BCUT2D eigenvalue weighted by Gasteiger charge is -2.15. The Morgan fingerprint density at radius 3 is 2.46 bits per heavy atom. The number of likely N-dealkylation sites (tertiary alicyclic amines) is 1. The molecule has 2 aromatic heterocycles. The smallest absolute Gasteiger partial charge is 0.244 e. The molecule has 1 aromatic carbocycles. The molecule has 7 heteroatoms. The van der Waals surface area contributed by atoms with Crippen molar-refractivity contribution in [3.8, 4) is 11.1 Å². The van der Waals surface area contributed by atoms with Crippen LogP contribution in [-0.4, -0.2) is 38.7 Å². The molecule has 0 spiro atoms. The van der Waals surface area contributed by atoms with Crippen LogP contribution in [0.5, 0.6) is 0 Å². The van der Waals surface area contributed by atoms with Crippen LogP contribution in [0.1, 0.15) is 18.4 Å². The maximum absolute atomic E-state index is 13.9. The van der Waals surface area contributed by atoms with Crippen LogP contribution in [0.3, 0.4) is 0 Å². The van der Waals surface area contributed by atoms with Crippen molar-refractivity contribution < 1.29 is 13.6 Å². The third-order valence-electron chi connectivity index (χ3n) is 4.85. The zero-order valence-corrected chi connectivity index (χ0v) is 14.4. The molecular weight excluding hydrogens is 338 g/mol. The summed E-state index contributed by atoms with van der Waals surface area (Å²) in [5.41, 5.74) is 2.26. The zero-order chi connectivity index (χ0) is 18.3. The summed E-state index contributed by atoms with van der Waals surface area (Å²) in [6.07, 6.45) is 5.20. The summed E-state index contributed by atoms with van der Waals surface area (Å²) >= 11 is 0.